The summed E-state index contributed by atoms with van der Waals surface area (Å²) in [6, 6.07) is 5.83. The molecule has 0 spiro atoms. The summed E-state index contributed by atoms with van der Waals surface area (Å²) in [6.07, 6.45) is 0.750. The topological polar surface area (TPSA) is 71.1 Å². The number of nitrogens with one attached hydrogen (secondary N) is 2. The van der Waals surface area contributed by atoms with E-state index in [-0.39, 0.29) is 0 Å². The Morgan fingerprint density at radius 2 is 2.17 bits per heavy atom. The molecular formula is C11H15N3O2S2. The van der Waals surface area contributed by atoms with Crippen LogP contribution in [0.15, 0.2) is 18.2 Å². The highest BCUT2D eigenvalue weighted by molar-refractivity contribution is 7.91. The van der Waals surface area contributed by atoms with Crippen molar-refractivity contribution in [1.29, 1.82) is 0 Å². The molecule has 0 aliphatic heterocycles. The molecule has 0 atom stereocenters. The molecule has 1 heterocycles. The van der Waals surface area contributed by atoms with E-state index in [1.807, 2.05) is 32.0 Å². The molecule has 1 aromatic carbocycles. The minimum atomic E-state index is -3.51. The molecule has 98 valence electrons. The van der Waals surface area contributed by atoms with Crippen LogP contribution in [-0.2, 0) is 10.2 Å². The number of fused-ring (bicyclic) bond motifs is 1. The maximum absolute atomic E-state index is 11.6. The van der Waals surface area contributed by atoms with Gasteiger partial charge < -0.3 is 0 Å². The molecule has 2 rings (SSSR count). The molecule has 2 N–H and O–H groups in total. The standard InChI is InChI=1S/C11H15N3O2S2/c1-3-6-12-18(15,16)14-11-13-9-5-4-8(2)7-10(9)17-11/h4-5,7,12H,3,6H2,1-2H3,(H,13,14). The van der Waals surface area contributed by atoms with E-state index in [1.54, 1.807) is 0 Å². The predicted octanol–water partition coefficient (Wildman–Crippen LogP) is 2.26. The lowest BCUT2D eigenvalue weighted by molar-refractivity contribution is 0.586. The molecule has 0 aliphatic carbocycles. The summed E-state index contributed by atoms with van der Waals surface area (Å²) in [7, 11) is -3.51. The van der Waals surface area contributed by atoms with E-state index in [2.05, 4.69) is 14.4 Å². The third kappa shape index (κ3) is 3.18. The van der Waals surface area contributed by atoms with Crippen LogP contribution in [0.1, 0.15) is 18.9 Å². The van der Waals surface area contributed by atoms with Gasteiger partial charge in [-0.1, -0.05) is 24.3 Å². The number of anilines is 1. The largest absolute Gasteiger partial charge is 0.300 e. The second kappa shape index (κ2) is 5.21. The maximum Gasteiger partial charge on any atom is 0.300 e. The molecular weight excluding hydrogens is 270 g/mol. The normalized spacial score (nSPS) is 11.9. The van der Waals surface area contributed by atoms with Crippen LogP contribution in [0.25, 0.3) is 10.2 Å². The lowest BCUT2D eigenvalue weighted by atomic mass is 10.2. The molecule has 7 heteroatoms. The molecule has 18 heavy (non-hydrogen) atoms. The van der Waals surface area contributed by atoms with Gasteiger partial charge in [0.25, 0.3) is 0 Å². The van der Waals surface area contributed by atoms with Gasteiger partial charge in [-0.15, -0.1) is 0 Å². The summed E-state index contributed by atoms with van der Waals surface area (Å²) in [5.41, 5.74) is 1.93. The van der Waals surface area contributed by atoms with Crippen molar-refractivity contribution < 1.29 is 8.42 Å². The summed E-state index contributed by atoms with van der Waals surface area (Å²) in [6.45, 7) is 4.31. The van der Waals surface area contributed by atoms with E-state index < -0.39 is 10.2 Å². The smallest absolute Gasteiger partial charge is 0.246 e. The summed E-state index contributed by atoms with van der Waals surface area (Å²) >= 11 is 1.33. The van der Waals surface area contributed by atoms with Gasteiger partial charge >= 0.3 is 10.2 Å². The zero-order chi connectivity index (χ0) is 13.2. The van der Waals surface area contributed by atoms with Crippen LogP contribution in [0.2, 0.25) is 0 Å². The highest BCUT2D eigenvalue weighted by atomic mass is 32.2. The van der Waals surface area contributed by atoms with Gasteiger partial charge in [-0.25, -0.2) is 9.71 Å². The number of benzene rings is 1. The van der Waals surface area contributed by atoms with Gasteiger partial charge in [0.2, 0.25) is 0 Å². The van der Waals surface area contributed by atoms with Crippen molar-refractivity contribution in [1.82, 2.24) is 9.71 Å². The highest BCUT2D eigenvalue weighted by Crippen LogP contribution is 2.26. The number of thiazole rings is 1. The first-order valence-corrected chi connectivity index (χ1v) is 7.95. The van der Waals surface area contributed by atoms with E-state index in [4.69, 9.17) is 0 Å². The van der Waals surface area contributed by atoms with Gasteiger partial charge in [-0.05, 0) is 31.0 Å². The minimum absolute atomic E-state index is 0.388. The number of hydrogen-bond acceptors (Lipinski definition) is 4. The Labute approximate surface area is 110 Å². The molecule has 0 bridgehead atoms. The van der Waals surface area contributed by atoms with Gasteiger partial charge in [-0.3, -0.25) is 0 Å². The Morgan fingerprint density at radius 1 is 1.39 bits per heavy atom. The third-order valence-corrected chi connectivity index (χ3v) is 4.42. The van der Waals surface area contributed by atoms with Crippen molar-refractivity contribution in [3.63, 3.8) is 0 Å². The van der Waals surface area contributed by atoms with Crippen molar-refractivity contribution in [3.05, 3.63) is 23.8 Å². The summed E-state index contributed by atoms with van der Waals surface area (Å²) in [4.78, 5) is 4.24. The molecule has 1 aromatic heterocycles. The van der Waals surface area contributed by atoms with Gasteiger partial charge in [0.05, 0.1) is 10.2 Å². The van der Waals surface area contributed by atoms with Gasteiger partial charge in [0, 0.05) is 6.54 Å². The molecule has 0 aliphatic rings. The Hall–Kier alpha value is -1.18. The fourth-order valence-corrected chi connectivity index (χ4v) is 3.59. The van der Waals surface area contributed by atoms with E-state index in [9.17, 15) is 8.42 Å². The number of aryl methyl sites for hydroxylation is 1. The zero-order valence-electron chi connectivity index (χ0n) is 10.2. The first-order valence-electron chi connectivity index (χ1n) is 5.65. The Balaban J connectivity index is 2.22. The average molecular weight is 285 g/mol. The quantitative estimate of drug-likeness (QED) is 0.885. The maximum atomic E-state index is 11.6. The number of aromatic nitrogens is 1. The van der Waals surface area contributed by atoms with Crippen LogP contribution < -0.4 is 9.44 Å². The number of rotatable bonds is 5. The lowest BCUT2D eigenvalue weighted by Crippen LogP contribution is -2.30. The zero-order valence-corrected chi connectivity index (χ0v) is 11.9. The SMILES string of the molecule is CCCNS(=O)(=O)Nc1nc2ccc(C)cc2s1. The summed E-state index contributed by atoms with van der Waals surface area (Å²) < 4.78 is 29.1. The van der Waals surface area contributed by atoms with Crippen LogP contribution in [0.3, 0.4) is 0 Å². The number of nitrogens with zero attached hydrogens (tertiary/aromatic N) is 1. The summed E-state index contributed by atoms with van der Waals surface area (Å²) in [5.74, 6) is 0. The van der Waals surface area contributed by atoms with E-state index in [0.717, 1.165) is 22.2 Å². The van der Waals surface area contributed by atoms with Gasteiger partial charge in [-0.2, -0.15) is 13.1 Å². The fourth-order valence-electron chi connectivity index (χ4n) is 1.46. The second-order valence-corrected chi connectivity index (χ2v) is 6.52. The van der Waals surface area contributed by atoms with Gasteiger partial charge in [0.1, 0.15) is 0 Å². The Morgan fingerprint density at radius 3 is 2.89 bits per heavy atom. The van der Waals surface area contributed by atoms with Crippen molar-refractivity contribution in [2.24, 2.45) is 0 Å². The molecule has 0 saturated heterocycles. The molecule has 0 saturated carbocycles. The first kappa shape index (κ1) is 13.3. The van der Waals surface area contributed by atoms with Crippen LogP contribution >= 0.6 is 11.3 Å². The van der Waals surface area contributed by atoms with Crippen molar-refractivity contribution in [3.8, 4) is 0 Å². The van der Waals surface area contributed by atoms with Crippen LogP contribution in [0.5, 0.6) is 0 Å². The predicted molar refractivity (Wildman–Crippen MR) is 75.2 cm³/mol. The van der Waals surface area contributed by atoms with E-state index >= 15 is 0 Å². The molecule has 0 fully saturated rings. The molecule has 5 nitrogen and oxygen atoms in total. The first-order chi connectivity index (χ1) is 8.50. The molecule has 0 radical (unpaired) electrons. The molecule has 0 amide bonds. The number of hydrogen-bond donors (Lipinski definition) is 2. The highest BCUT2D eigenvalue weighted by Gasteiger charge is 2.12. The summed E-state index contributed by atoms with van der Waals surface area (Å²) in [5, 5.41) is 0.388. The fraction of sp³-hybridized carbons (Fsp3) is 0.364. The monoisotopic (exact) mass is 285 g/mol. The molecule has 2 aromatic rings. The van der Waals surface area contributed by atoms with E-state index in [0.29, 0.717) is 11.7 Å². The van der Waals surface area contributed by atoms with Crippen LogP contribution in [-0.4, -0.2) is 19.9 Å². The van der Waals surface area contributed by atoms with Crippen molar-refractivity contribution in [2.75, 3.05) is 11.3 Å². The third-order valence-electron chi connectivity index (χ3n) is 2.31. The van der Waals surface area contributed by atoms with Crippen molar-refractivity contribution in [2.45, 2.75) is 20.3 Å². The molecule has 0 unspecified atom stereocenters. The van der Waals surface area contributed by atoms with Crippen LogP contribution in [0, 0.1) is 6.92 Å². The van der Waals surface area contributed by atoms with Gasteiger partial charge in [0.15, 0.2) is 5.13 Å². The van der Waals surface area contributed by atoms with Crippen LogP contribution in [0.4, 0.5) is 5.13 Å². The second-order valence-electron chi connectivity index (χ2n) is 3.99. The average Bonchev–Trinajstić information content (AvgIpc) is 2.66. The van der Waals surface area contributed by atoms with Crippen molar-refractivity contribution >= 4 is 36.9 Å². The lowest BCUT2D eigenvalue weighted by Gasteiger charge is -2.04. The Kier molecular flexibility index (Phi) is 3.84. The Bertz CT molecular complexity index is 649. The van der Waals surface area contributed by atoms with E-state index in [1.165, 1.54) is 11.3 Å². The minimum Gasteiger partial charge on any atom is -0.246 e.